The fourth-order valence-electron chi connectivity index (χ4n) is 4.29. The van der Waals surface area contributed by atoms with Gasteiger partial charge in [0.2, 0.25) is 5.91 Å². The Bertz CT molecular complexity index is 1180. The minimum atomic E-state index is 0.0445. The average molecular weight is 478 g/mol. The number of carbonyl (C=O) groups excluding carboxylic acids is 2. The number of thioether (sulfide) groups is 1. The van der Waals surface area contributed by atoms with Gasteiger partial charge in [0.25, 0.3) is 5.91 Å². The maximum absolute atomic E-state index is 13.0. The Balaban J connectivity index is 1.22. The summed E-state index contributed by atoms with van der Waals surface area (Å²) in [4.78, 5) is 32.7. The van der Waals surface area contributed by atoms with Crippen LogP contribution in [-0.4, -0.2) is 48.6 Å². The minimum absolute atomic E-state index is 0.0445. The van der Waals surface area contributed by atoms with E-state index in [2.05, 4.69) is 4.90 Å². The Morgan fingerprint density at radius 2 is 1.67 bits per heavy atom. The molecule has 0 bridgehead atoms. The zero-order chi connectivity index (χ0) is 22.8. The third kappa shape index (κ3) is 4.72. The van der Waals surface area contributed by atoms with Crippen molar-refractivity contribution in [2.24, 2.45) is 0 Å². The summed E-state index contributed by atoms with van der Waals surface area (Å²) >= 11 is 7.70. The van der Waals surface area contributed by atoms with Crippen molar-refractivity contribution >= 4 is 46.6 Å². The second-order valence-electron chi connectivity index (χ2n) is 8.19. The predicted octanol–water partition coefficient (Wildman–Crippen LogP) is 4.94. The second-order valence-corrected chi connectivity index (χ2v) is 9.65. The van der Waals surface area contributed by atoms with Crippen LogP contribution >= 0.6 is 23.4 Å². The standard InChI is InChI=1S/C26H24ClN3O2S/c27-21-4-3-5-22(16-21)28-12-14-29(15-13-28)26(32)20-10-8-19(9-11-20)17-30-23-6-1-2-7-24(23)33-18-25(30)31/h1-11,16H,12-15,17-18H2. The number of rotatable bonds is 4. The molecular weight excluding hydrogens is 454 g/mol. The van der Waals surface area contributed by atoms with Crippen molar-refractivity contribution in [1.82, 2.24) is 4.90 Å². The monoisotopic (exact) mass is 477 g/mol. The molecule has 1 fully saturated rings. The van der Waals surface area contributed by atoms with Gasteiger partial charge in [0.05, 0.1) is 18.0 Å². The number of hydrogen-bond donors (Lipinski definition) is 0. The van der Waals surface area contributed by atoms with Gasteiger partial charge in [-0.3, -0.25) is 9.59 Å². The van der Waals surface area contributed by atoms with E-state index in [1.165, 1.54) is 0 Å². The smallest absolute Gasteiger partial charge is 0.253 e. The molecule has 1 saturated heterocycles. The van der Waals surface area contributed by atoms with Gasteiger partial charge >= 0.3 is 0 Å². The number of piperazine rings is 1. The van der Waals surface area contributed by atoms with Gasteiger partial charge in [-0.15, -0.1) is 11.8 Å². The molecule has 7 heteroatoms. The summed E-state index contributed by atoms with van der Waals surface area (Å²) in [5, 5.41) is 0.722. The van der Waals surface area contributed by atoms with Crippen molar-refractivity contribution in [2.75, 3.05) is 41.7 Å². The van der Waals surface area contributed by atoms with Crippen LogP contribution in [0.2, 0.25) is 5.02 Å². The second kappa shape index (κ2) is 9.49. The lowest BCUT2D eigenvalue weighted by atomic mass is 10.1. The molecule has 0 saturated carbocycles. The molecule has 2 aliphatic rings. The van der Waals surface area contributed by atoms with Crippen molar-refractivity contribution in [2.45, 2.75) is 11.4 Å². The Morgan fingerprint density at radius 1 is 0.909 bits per heavy atom. The van der Waals surface area contributed by atoms with Crippen molar-refractivity contribution in [3.63, 3.8) is 0 Å². The van der Waals surface area contributed by atoms with Gasteiger partial charge in [-0.2, -0.15) is 0 Å². The van der Waals surface area contributed by atoms with Gasteiger partial charge in [-0.25, -0.2) is 0 Å². The largest absolute Gasteiger partial charge is 0.368 e. The van der Waals surface area contributed by atoms with Gasteiger partial charge in [0, 0.05) is 47.3 Å². The molecule has 0 unspecified atom stereocenters. The highest BCUT2D eigenvalue weighted by Crippen LogP contribution is 2.35. The van der Waals surface area contributed by atoms with Gasteiger partial charge in [-0.05, 0) is 48.0 Å². The summed E-state index contributed by atoms with van der Waals surface area (Å²) in [5.74, 6) is 0.605. The Kier molecular flexibility index (Phi) is 6.29. The zero-order valence-corrected chi connectivity index (χ0v) is 19.7. The van der Waals surface area contributed by atoms with Crippen LogP contribution < -0.4 is 9.80 Å². The number of carbonyl (C=O) groups is 2. The molecular formula is C26H24ClN3O2S. The SMILES string of the molecule is O=C(c1ccc(CN2C(=O)CSc3ccccc32)cc1)N1CCN(c2cccc(Cl)c2)CC1. The Hall–Kier alpha value is -2.96. The van der Waals surface area contributed by atoms with Crippen LogP contribution in [-0.2, 0) is 11.3 Å². The molecule has 0 atom stereocenters. The molecule has 0 aliphatic carbocycles. The molecule has 33 heavy (non-hydrogen) atoms. The number of para-hydroxylation sites is 1. The van der Waals surface area contributed by atoms with Crippen LogP contribution in [0.3, 0.4) is 0 Å². The quantitative estimate of drug-likeness (QED) is 0.533. The number of hydrogen-bond acceptors (Lipinski definition) is 4. The van der Waals surface area contributed by atoms with E-state index >= 15 is 0 Å². The van der Waals surface area contributed by atoms with E-state index in [0.29, 0.717) is 31.0 Å². The fraction of sp³-hybridized carbons (Fsp3) is 0.231. The molecule has 5 rings (SSSR count). The van der Waals surface area contributed by atoms with E-state index in [1.807, 2.05) is 82.6 Å². The van der Waals surface area contributed by atoms with Crippen molar-refractivity contribution < 1.29 is 9.59 Å². The van der Waals surface area contributed by atoms with Crippen LogP contribution in [0.4, 0.5) is 11.4 Å². The van der Waals surface area contributed by atoms with Crippen LogP contribution in [0.5, 0.6) is 0 Å². The number of benzene rings is 3. The van der Waals surface area contributed by atoms with Gasteiger partial charge in [0.1, 0.15) is 0 Å². The van der Waals surface area contributed by atoms with E-state index in [9.17, 15) is 9.59 Å². The summed E-state index contributed by atoms with van der Waals surface area (Å²) in [5.41, 5.74) is 3.73. The first-order valence-corrected chi connectivity index (χ1v) is 12.4. The molecule has 3 aromatic rings. The van der Waals surface area contributed by atoms with Gasteiger partial charge in [-0.1, -0.05) is 41.9 Å². The first kappa shape index (κ1) is 21.9. The minimum Gasteiger partial charge on any atom is -0.368 e. The molecule has 0 aromatic heterocycles. The van der Waals surface area contributed by atoms with Crippen LogP contribution in [0.1, 0.15) is 15.9 Å². The van der Waals surface area contributed by atoms with Gasteiger partial charge in [0.15, 0.2) is 0 Å². The average Bonchev–Trinajstić information content (AvgIpc) is 2.86. The first-order valence-electron chi connectivity index (χ1n) is 11.0. The lowest BCUT2D eigenvalue weighted by Gasteiger charge is -2.36. The molecule has 5 nitrogen and oxygen atoms in total. The molecule has 0 N–H and O–H groups in total. The number of fused-ring (bicyclic) bond motifs is 1. The number of nitrogens with zero attached hydrogens (tertiary/aromatic N) is 3. The van der Waals surface area contributed by atoms with Gasteiger partial charge < -0.3 is 14.7 Å². The maximum Gasteiger partial charge on any atom is 0.253 e. The fourth-order valence-corrected chi connectivity index (χ4v) is 5.41. The first-order chi connectivity index (χ1) is 16.1. The highest BCUT2D eigenvalue weighted by atomic mass is 35.5. The third-order valence-corrected chi connectivity index (χ3v) is 7.37. The molecule has 3 aromatic carbocycles. The normalized spacial score (nSPS) is 16.0. The Morgan fingerprint density at radius 3 is 2.42 bits per heavy atom. The summed E-state index contributed by atoms with van der Waals surface area (Å²) in [6.07, 6.45) is 0. The van der Waals surface area contributed by atoms with E-state index in [4.69, 9.17) is 11.6 Å². The molecule has 0 spiro atoms. The molecule has 0 radical (unpaired) electrons. The highest BCUT2D eigenvalue weighted by molar-refractivity contribution is 8.00. The number of anilines is 2. The lowest BCUT2D eigenvalue weighted by molar-refractivity contribution is -0.116. The van der Waals surface area contributed by atoms with E-state index in [0.717, 1.165) is 39.9 Å². The van der Waals surface area contributed by atoms with Crippen LogP contribution in [0.25, 0.3) is 0 Å². The van der Waals surface area contributed by atoms with Crippen LogP contribution in [0, 0.1) is 0 Å². The molecule has 168 valence electrons. The van der Waals surface area contributed by atoms with E-state index in [1.54, 1.807) is 11.8 Å². The lowest BCUT2D eigenvalue weighted by Crippen LogP contribution is -2.48. The number of halogens is 1. The predicted molar refractivity (Wildman–Crippen MR) is 134 cm³/mol. The van der Waals surface area contributed by atoms with Crippen molar-refractivity contribution in [1.29, 1.82) is 0 Å². The van der Waals surface area contributed by atoms with Crippen molar-refractivity contribution in [3.8, 4) is 0 Å². The zero-order valence-electron chi connectivity index (χ0n) is 18.1. The third-order valence-electron chi connectivity index (χ3n) is 6.09. The topological polar surface area (TPSA) is 43.9 Å². The summed E-state index contributed by atoms with van der Waals surface area (Å²) < 4.78 is 0. The highest BCUT2D eigenvalue weighted by Gasteiger charge is 2.25. The van der Waals surface area contributed by atoms with E-state index < -0.39 is 0 Å². The number of amides is 2. The van der Waals surface area contributed by atoms with Crippen LogP contribution in [0.15, 0.2) is 77.7 Å². The summed E-state index contributed by atoms with van der Waals surface area (Å²) in [6.45, 7) is 3.40. The maximum atomic E-state index is 13.0. The van der Waals surface area contributed by atoms with E-state index in [-0.39, 0.29) is 11.8 Å². The molecule has 2 heterocycles. The van der Waals surface area contributed by atoms with Crippen molar-refractivity contribution in [3.05, 3.63) is 88.9 Å². The summed E-state index contributed by atoms with van der Waals surface area (Å²) in [6, 6.07) is 23.5. The molecule has 2 aliphatic heterocycles. The molecule has 2 amide bonds. The summed E-state index contributed by atoms with van der Waals surface area (Å²) in [7, 11) is 0. The Labute approximate surface area is 202 Å².